The van der Waals surface area contributed by atoms with Crippen LogP contribution < -0.4 is 15.4 Å². The number of benzene rings is 2. The van der Waals surface area contributed by atoms with Crippen molar-refractivity contribution in [2.24, 2.45) is 0 Å². The lowest BCUT2D eigenvalue weighted by molar-refractivity contribution is -0.133. The number of hydrogen-bond donors (Lipinski definition) is 2. The summed E-state index contributed by atoms with van der Waals surface area (Å²) in [4.78, 5) is 38.2. The number of para-hydroxylation sites is 2. The largest absolute Gasteiger partial charge is 0.433 e. The third kappa shape index (κ3) is 4.18. The highest BCUT2D eigenvalue weighted by molar-refractivity contribution is 6.32. The quantitative estimate of drug-likeness (QED) is 0.672. The number of alkyl halides is 2. The van der Waals surface area contributed by atoms with Gasteiger partial charge in [0.2, 0.25) is 5.91 Å². The van der Waals surface area contributed by atoms with Crippen molar-refractivity contribution in [3.05, 3.63) is 58.9 Å². The van der Waals surface area contributed by atoms with Gasteiger partial charge in [-0.1, -0.05) is 29.8 Å². The summed E-state index contributed by atoms with van der Waals surface area (Å²) in [6.45, 7) is -2.42. The molecule has 2 aromatic carbocycles. The third-order valence-electron chi connectivity index (χ3n) is 4.42. The molecule has 7 nitrogen and oxygen atoms in total. The predicted molar refractivity (Wildman–Crippen MR) is 101 cm³/mol. The zero-order chi connectivity index (χ0) is 22.1. The number of imide groups is 1. The van der Waals surface area contributed by atoms with Gasteiger partial charge >= 0.3 is 12.6 Å². The number of nitrogens with zero attached hydrogens (tertiary/aromatic N) is 1. The number of ether oxygens (including phenoxy) is 1. The van der Waals surface area contributed by atoms with E-state index in [0.717, 1.165) is 12.1 Å². The van der Waals surface area contributed by atoms with Crippen LogP contribution in [-0.2, 0) is 15.1 Å². The first kappa shape index (κ1) is 21.4. The SMILES string of the molecule is CC1(c2ccc(F)cc2Cl)NC(=O)N(CC(=O)Nc2ccccc2OC(F)F)C1=O. The van der Waals surface area contributed by atoms with E-state index in [0.29, 0.717) is 4.90 Å². The molecule has 0 aliphatic carbocycles. The molecule has 158 valence electrons. The van der Waals surface area contributed by atoms with E-state index in [2.05, 4.69) is 15.4 Å². The monoisotopic (exact) mass is 441 g/mol. The molecule has 1 unspecified atom stereocenters. The Balaban J connectivity index is 1.77. The summed E-state index contributed by atoms with van der Waals surface area (Å²) in [6, 6.07) is 7.94. The maximum Gasteiger partial charge on any atom is 0.387 e. The molecule has 2 aromatic rings. The van der Waals surface area contributed by atoms with Gasteiger partial charge in [-0.15, -0.1) is 0 Å². The Morgan fingerprint density at radius 2 is 1.97 bits per heavy atom. The zero-order valence-corrected chi connectivity index (χ0v) is 16.2. The number of amides is 4. The maximum atomic E-state index is 13.3. The number of carbonyl (C=O) groups excluding carboxylic acids is 3. The van der Waals surface area contributed by atoms with Gasteiger partial charge < -0.3 is 15.4 Å². The van der Waals surface area contributed by atoms with Crippen LogP contribution in [0.3, 0.4) is 0 Å². The number of urea groups is 1. The first-order valence-corrected chi connectivity index (χ1v) is 8.93. The first-order valence-electron chi connectivity index (χ1n) is 8.55. The molecule has 0 radical (unpaired) electrons. The summed E-state index contributed by atoms with van der Waals surface area (Å²) in [7, 11) is 0. The molecule has 2 N–H and O–H groups in total. The fourth-order valence-electron chi connectivity index (χ4n) is 3.02. The van der Waals surface area contributed by atoms with E-state index in [4.69, 9.17) is 11.6 Å². The van der Waals surface area contributed by atoms with Crippen LogP contribution >= 0.6 is 11.6 Å². The minimum Gasteiger partial charge on any atom is -0.433 e. The van der Waals surface area contributed by atoms with Gasteiger partial charge in [-0.3, -0.25) is 14.5 Å². The number of rotatable bonds is 6. The second-order valence-electron chi connectivity index (χ2n) is 6.49. The van der Waals surface area contributed by atoms with Crippen LogP contribution in [0.25, 0.3) is 0 Å². The van der Waals surface area contributed by atoms with E-state index in [1.165, 1.54) is 37.3 Å². The molecule has 1 heterocycles. The molecule has 1 aliphatic heterocycles. The predicted octanol–water partition coefficient (Wildman–Crippen LogP) is 3.49. The van der Waals surface area contributed by atoms with Crippen LogP contribution in [0.1, 0.15) is 12.5 Å². The minimum absolute atomic E-state index is 0.0563. The van der Waals surface area contributed by atoms with E-state index in [1.54, 1.807) is 0 Å². The molecule has 0 bridgehead atoms. The number of carbonyl (C=O) groups is 3. The summed E-state index contributed by atoms with van der Waals surface area (Å²) < 4.78 is 42.6. The number of hydrogen-bond acceptors (Lipinski definition) is 4. The van der Waals surface area contributed by atoms with Gasteiger partial charge in [0, 0.05) is 10.6 Å². The van der Waals surface area contributed by atoms with Crippen molar-refractivity contribution in [1.82, 2.24) is 10.2 Å². The van der Waals surface area contributed by atoms with Crippen molar-refractivity contribution >= 4 is 35.1 Å². The topological polar surface area (TPSA) is 87.7 Å². The maximum absolute atomic E-state index is 13.3. The van der Waals surface area contributed by atoms with Crippen molar-refractivity contribution in [1.29, 1.82) is 0 Å². The van der Waals surface area contributed by atoms with E-state index in [-0.39, 0.29) is 22.0 Å². The van der Waals surface area contributed by atoms with Gasteiger partial charge in [0.25, 0.3) is 5.91 Å². The van der Waals surface area contributed by atoms with Crippen LogP contribution in [0.5, 0.6) is 5.75 Å². The second kappa shape index (κ2) is 8.23. The lowest BCUT2D eigenvalue weighted by Gasteiger charge is -2.23. The van der Waals surface area contributed by atoms with Gasteiger partial charge in [-0.2, -0.15) is 8.78 Å². The lowest BCUT2D eigenvalue weighted by Crippen LogP contribution is -2.42. The number of anilines is 1. The number of nitrogens with one attached hydrogen (secondary N) is 2. The van der Waals surface area contributed by atoms with Crippen LogP contribution in [0, 0.1) is 5.82 Å². The Labute approximate surface area is 173 Å². The van der Waals surface area contributed by atoms with Crippen LogP contribution in [0.15, 0.2) is 42.5 Å². The molecule has 30 heavy (non-hydrogen) atoms. The fraction of sp³-hybridized carbons (Fsp3) is 0.211. The van der Waals surface area contributed by atoms with E-state index >= 15 is 0 Å². The summed E-state index contributed by atoms with van der Waals surface area (Å²) in [5, 5.41) is 4.69. The molecule has 1 fully saturated rings. The van der Waals surface area contributed by atoms with Crippen molar-refractivity contribution in [3.8, 4) is 5.75 Å². The molecule has 0 saturated carbocycles. The van der Waals surface area contributed by atoms with Gasteiger partial charge in [0.05, 0.1) is 5.69 Å². The second-order valence-corrected chi connectivity index (χ2v) is 6.90. The van der Waals surface area contributed by atoms with Crippen LogP contribution in [0.2, 0.25) is 5.02 Å². The van der Waals surface area contributed by atoms with E-state index in [1.807, 2.05) is 0 Å². The zero-order valence-electron chi connectivity index (χ0n) is 15.4. The molecular weight excluding hydrogens is 427 g/mol. The number of halogens is 4. The van der Waals surface area contributed by atoms with Gasteiger partial charge in [-0.25, -0.2) is 9.18 Å². The normalized spacial score (nSPS) is 18.5. The van der Waals surface area contributed by atoms with Crippen molar-refractivity contribution in [2.75, 3.05) is 11.9 Å². The molecule has 1 aliphatic rings. The molecular formula is C19H15ClF3N3O4. The van der Waals surface area contributed by atoms with Crippen LogP contribution in [0.4, 0.5) is 23.7 Å². The van der Waals surface area contributed by atoms with Crippen molar-refractivity contribution < 1.29 is 32.3 Å². The third-order valence-corrected chi connectivity index (χ3v) is 4.74. The minimum atomic E-state index is -3.10. The Morgan fingerprint density at radius 3 is 2.63 bits per heavy atom. The van der Waals surface area contributed by atoms with Gasteiger partial charge in [0.15, 0.2) is 0 Å². The lowest BCUT2D eigenvalue weighted by atomic mass is 9.92. The molecule has 1 atom stereocenters. The molecule has 4 amide bonds. The van der Waals surface area contributed by atoms with Crippen molar-refractivity contribution in [3.63, 3.8) is 0 Å². The van der Waals surface area contributed by atoms with Gasteiger partial charge in [-0.05, 0) is 31.2 Å². The Morgan fingerprint density at radius 1 is 1.27 bits per heavy atom. The highest BCUT2D eigenvalue weighted by Crippen LogP contribution is 2.34. The highest BCUT2D eigenvalue weighted by atomic mass is 35.5. The average Bonchev–Trinajstić information content (AvgIpc) is 2.86. The van der Waals surface area contributed by atoms with Crippen LogP contribution in [-0.4, -0.2) is 35.9 Å². The van der Waals surface area contributed by atoms with E-state index in [9.17, 15) is 27.6 Å². The molecule has 1 saturated heterocycles. The Hall–Kier alpha value is -3.27. The molecule has 3 rings (SSSR count). The molecule has 0 aromatic heterocycles. The van der Waals surface area contributed by atoms with E-state index < -0.39 is 42.4 Å². The standard InChI is InChI=1S/C19H15ClF3N3O4/c1-19(11-7-6-10(21)8-12(11)20)16(28)26(18(29)25-19)9-15(27)24-13-4-2-3-5-14(13)30-17(22)23/h2-8,17H,9H2,1H3,(H,24,27)(H,25,29). The Bertz CT molecular complexity index is 1020. The molecule has 0 spiro atoms. The summed E-state index contributed by atoms with van der Waals surface area (Å²) in [5.74, 6) is -2.50. The Kier molecular flexibility index (Phi) is 5.88. The average molecular weight is 442 g/mol. The van der Waals surface area contributed by atoms with Crippen molar-refractivity contribution in [2.45, 2.75) is 19.1 Å². The summed E-state index contributed by atoms with van der Waals surface area (Å²) in [6.07, 6.45) is 0. The summed E-state index contributed by atoms with van der Waals surface area (Å²) >= 11 is 6.02. The first-order chi connectivity index (χ1) is 14.1. The van der Waals surface area contributed by atoms with Gasteiger partial charge in [0.1, 0.15) is 23.7 Å². The fourth-order valence-corrected chi connectivity index (χ4v) is 3.38. The highest BCUT2D eigenvalue weighted by Gasteiger charge is 2.50. The summed E-state index contributed by atoms with van der Waals surface area (Å²) in [5.41, 5.74) is -1.51. The smallest absolute Gasteiger partial charge is 0.387 e. The molecule has 11 heteroatoms.